The Morgan fingerprint density at radius 3 is 2.50 bits per heavy atom. The van der Waals surface area contributed by atoms with E-state index in [-0.39, 0.29) is 0 Å². The van der Waals surface area contributed by atoms with Crippen LogP contribution in [0.1, 0.15) is 0 Å². The second-order valence-corrected chi connectivity index (χ2v) is 3.00. The SMILES string of the molecule is CN(C)c1cccc(Cl)c1N=O. The molecular formula is C8H9ClN2O. The molecule has 0 heterocycles. The molecule has 0 aliphatic heterocycles. The quantitative estimate of drug-likeness (QED) is 0.663. The summed E-state index contributed by atoms with van der Waals surface area (Å²) in [6, 6.07) is 5.22. The average molecular weight is 185 g/mol. The number of anilines is 1. The summed E-state index contributed by atoms with van der Waals surface area (Å²) in [6.07, 6.45) is 0. The Morgan fingerprint density at radius 1 is 1.42 bits per heavy atom. The van der Waals surface area contributed by atoms with Crippen LogP contribution in [0.2, 0.25) is 5.02 Å². The van der Waals surface area contributed by atoms with Crippen LogP contribution in [0.5, 0.6) is 0 Å². The van der Waals surface area contributed by atoms with Crippen molar-refractivity contribution in [2.75, 3.05) is 19.0 Å². The number of rotatable bonds is 2. The predicted octanol–water partition coefficient (Wildman–Crippen LogP) is 2.80. The van der Waals surface area contributed by atoms with Gasteiger partial charge in [0.1, 0.15) is 5.69 Å². The zero-order valence-electron chi connectivity index (χ0n) is 6.91. The molecule has 1 aromatic rings. The van der Waals surface area contributed by atoms with Gasteiger partial charge in [-0.15, -0.1) is 4.91 Å². The molecule has 0 saturated heterocycles. The zero-order valence-corrected chi connectivity index (χ0v) is 7.67. The molecule has 0 unspecified atom stereocenters. The number of benzene rings is 1. The first kappa shape index (κ1) is 9.00. The molecule has 0 fully saturated rings. The van der Waals surface area contributed by atoms with Gasteiger partial charge in [0, 0.05) is 14.1 Å². The number of nitrogens with zero attached hydrogens (tertiary/aromatic N) is 2. The molecule has 4 heteroatoms. The van der Waals surface area contributed by atoms with Crippen molar-refractivity contribution < 1.29 is 0 Å². The van der Waals surface area contributed by atoms with Crippen LogP contribution < -0.4 is 4.90 Å². The molecule has 0 saturated carbocycles. The van der Waals surface area contributed by atoms with Gasteiger partial charge in [-0.1, -0.05) is 17.7 Å². The van der Waals surface area contributed by atoms with E-state index in [1.165, 1.54) is 0 Å². The van der Waals surface area contributed by atoms with Crippen molar-refractivity contribution in [1.82, 2.24) is 0 Å². The normalized spacial score (nSPS) is 9.58. The van der Waals surface area contributed by atoms with Gasteiger partial charge in [-0.3, -0.25) is 0 Å². The third kappa shape index (κ3) is 1.56. The second-order valence-electron chi connectivity index (χ2n) is 2.59. The minimum absolute atomic E-state index is 0.296. The van der Waals surface area contributed by atoms with Crippen molar-refractivity contribution >= 4 is 23.0 Å². The molecule has 0 radical (unpaired) electrons. The maximum atomic E-state index is 10.4. The molecule has 1 aromatic carbocycles. The van der Waals surface area contributed by atoms with Gasteiger partial charge in [0.25, 0.3) is 0 Å². The maximum Gasteiger partial charge on any atom is 0.149 e. The summed E-state index contributed by atoms with van der Waals surface area (Å²) in [7, 11) is 3.67. The lowest BCUT2D eigenvalue weighted by atomic mass is 10.2. The van der Waals surface area contributed by atoms with E-state index >= 15 is 0 Å². The zero-order chi connectivity index (χ0) is 9.14. The van der Waals surface area contributed by atoms with Crippen LogP contribution in [0.3, 0.4) is 0 Å². The van der Waals surface area contributed by atoms with Crippen molar-refractivity contribution in [3.63, 3.8) is 0 Å². The van der Waals surface area contributed by atoms with Crippen molar-refractivity contribution in [3.8, 4) is 0 Å². The highest BCUT2D eigenvalue weighted by Crippen LogP contribution is 2.34. The molecule has 0 spiro atoms. The Hall–Kier alpha value is -1.09. The minimum atomic E-state index is 0.296. The second kappa shape index (κ2) is 3.54. The molecule has 3 nitrogen and oxygen atoms in total. The van der Waals surface area contributed by atoms with Crippen LogP contribution >= 0.6 is 11.6 Å². The van der Waals surface area contributed by atoms with E-state index in [0.29, 0.717) is 10.7 Å². The summed E-state index contributed by atoms with van der Waals surface area (Å²) >= 11 is 5.75. The van der Waals surface area contributed by atoms with Gasteiger partial charge in [-0.25, -0.2) is 0 Å². The van der Waals surface area contributed by atoms with Gasteiger partial charge in [0.2, 0.25) is 0 Å². The predicted molar refractivity (Wildman–Crippen MR) is 51.2 cm³/mol. The summed E-state index contributed by atoms with van der Waals surface area (Å²) in [5.74, 6) is 0. The van der Waals surface area contributed by atoms with Crippen LogP contribution in [0.15, 0.2) is 23.4 Å². The smallest absolute Gasteiger partial charge is 0.149 e. The van der Waals surface area contributed by atoms with E-state index < -0.39 is 0 Å². The molecule has 0 bridgehead atoms. The van der Waals surface area contributed by atoms with Crippen LogP contribution in [0.25, 0.3) is 0 Å². The van der Waals surface area contributed by atoms with Gasteiger partial charge in [-0.05, 0) is 17.3 Å². The highest BCUT2D eigenvalue weighted by molar-refractivity contribution is 6.33. The summed E-state index contributed by atoms with van der Waals surface area (Å²) in [6.45, 7) is 0. The van der Waals surface area contributed by atoms with Gasteiger partial charge in [-0.2, -0.15) is 0 Å². The lowest BCUT2D eigenvalue weighted by Crippen LogP contribution is -2.08. The lowest BCUT2D eigenvalue weighted by molar-refractivity contribution is 1.13. The molecule has 0 amide bonds. The Bertz CT molecular complexity index is 299. The highest BCUT2D eigenvalue weighted by Gasteiger charge is 2.07. The van der Waals surface area contributed by atoms with Crippen molar-refractivity contribution in [2.24, 2.45) is 5.18 Å². The summed E-state index contributed by atoms with van der Waals surface area (Å²) in [5.41, 5.74) is 1.03. The summed E-state index contributed by atoms with van der Waals surface area (Å²) < 4.78 is 0. The monoisotopic (exact) mass is 184 g/mol. The van der Waals surface area contributed by atoms with E-state index in [0.717, 1.165) is 5.69 Å². The number of hydrogen-bond acceptors (Lipinski definition) is 3. The molecule has 0 aliphatic rings. The Labute approximate surface area is 75.9 Å². The minimum Gasteiger partial charge on any atom is -0.376 e. The first-order valence-electron chi connectivity index (χ1n) is 3.46. The van der Waals surface area contributed by atoms with E-state index in [9.17, 15) is 4.91 Å². The highest BCUT2D eigenvalue weighted by atomic mass is 35.5. The van der Waals surface area contributed by atoms with Crippen LogP contribution in [0, 0.1) is 4.91 Å². The van der Waals surface area contributed by atoms with E-state index in [2.05, 4.69) is 5.18 Å². The molecule has 0 aromatic heterocycles. The molecule has 0 N–H and O–H groups in total. The third-order valence-corrected chi connectivity index (χ3v) is 1.84. The number of nitroso groups, excluding NO2 is 1. The van der Waals surface area contributed by atoms with Gasteiger partial charge in [0.05, 0.1) is 10.7 Å². The fourth-order valence-corrected chi connectivity index (χ4v) is 1.16. The third-order valence-electron chi connectivity index (χ3n) is 1.54. The van der Waals surface area contributed by atoms with Gasteiger partial charge < -0.3 is 4.90 Å². The first-order valence-corrected chi connectivity index (χ1v) is 3.84. The molecule has 64 valence electrons. The van der Waals surface area contributed by atoms with Crippen molar-refractivity contribution in [2.45, 2.75) is 0 Å². The van der Waals surface area contributed by atoms with Crippen LogP contribution in [0.4, 0.5) is 11.4 Å². The van der Waals surface area contributed by atoms with Crippen molar-refractivity contribution in [1.29, 1.82) is 0 Å². The largest absolute Gasteiger partial charge is 0.376 e. The molecule has 0 atom stereocenters. The van der Waals surface area contributed by atoms with Crippen LogP contribution in [-0.4, -0.2) is 14.1 Å². The molecular weight excluding hydrogens is 176 g/mol. The summed E-state index contributed by atoms with van der Waals surface area (Å²) in [4.78, 5) is 12.2. The van der Waals surface area contributed by atoms with Crippen molar-refractivity contribution in [3.05, 3.63) is 28.1 Å². The number of hydrogen-bond donors (Lipinski definition) is 0. The fourth-order valence-electron chi connectivity index (χ4n) is 0.955. The van der Waals surface area contributed by atoms with Gasteiger partial charge >= 0.3 is 0 Å². The Balaban J connectivity index is 3.27. The number of halogens is 1. The van der Waals surface area contributed by atoms with E-state index in [4.69, 9.17) is 11.6 Å². The van der Waals surface area contributed by atoms with E-state index in [1.54, 1.807) is 23.1 Å². The standard InChI is InChI=1S/C8H9ClN2O/c1-11(2)7-5-3-4-6(9)8(7)10-12/h3-5H,1-2H3. The molecule has 0 aliphatic carbocycles. The molecule has 1 rings (SSSR count). The Kier molecular flexibility index (Phi) is 2.65. The molecule has 12 heavy (non-hydrogen) atoms. The topological polar surface area (TPSA) is 32.7 Å². The van der Waals surface area contributed by atoms with E-state index in [1.807, 2.05) is 14.1 Å². The average Bonchev–Trinajstić information content (AvgIpc) is 2.03. The Morgan fingerprint density at radius 2 is 2.08 bits per heavy atom. The first-order chi connectivity index (χ1) is 5.66. The van der Waals surface area contributed by atoms with Gasteiger partial charge in [0.15, 0.2) is 0 Å². The maximum absolute atomic E-state index is 10.4. The summed E-state index contributed by atoms with van der Waals surface area (Å²) in [5, 5.41) is 3.25. The van der Waals surface area contributed by atoms with Crippen LogP contribution in [-0.2, 0) is 0 Å². The fraction of sp³-hybridized carbons (Fsp3) is 0.250. The lowest BCUT2D eigenvalue weighted by Gasteiger charge is -2.13.